The first-order valence-electron chi connectivity index (χ1n) is 7.92. The lowest BCUT2D eigenvalue weighted by Crippen LogP contribution is -2.48. The molecule has 0 aliphatic rings. The van der Waals surface area contributed by atoms with Gasteiger partial charge in [0.2, 0.25) is 11.8 Å². The summed E-state index contributed by atoms with van der Waals surface area (Å²) < 4.78 is 4.34. The Bertz CT molecular complexity index is 591. The SMILES string of the molecule is COC(=O)CC(=O)CC[C@H](NC(=O)CC[C@H](N)C(=O)O)C(=O)NCC(=O)O. The van der Waals surface area contributed by atoms with Gasteiger partial charge in [0.1, 0.15) is 30.8 Å². The van der Waals surface area contributed by atoms with Gasteiger partial charge in [-0.05, 0) is 12.8 Å². The van der Waals surface area contributed by atoms with Crippen LogP contribution in [0.1, 0.15) is 32.1 Å². The minimum Gasteiger partial charge on any atom is -0.480 e. The summed E-state index contributed by atoms with van der Waals surface area (Å²) >= 11 is 0. The summed E-state index contributed by atoms with van der Waals surface area (Å²) in [7, 11) is 1.11. The van der Waals surface area contributed by atoms with Crippen LogP contribution in [0.4, 0.5) is 0 Å². The van der Waals surface area contributed by atoms with Gasteiger partial charge in [0.05, 0.1) is 7.11 Å². The Morgan fingerprint density at radius 2 is 1.67 bits per heavy atom. The largest absolute Gasteiger partial charge is 0.480 e. The van der Waals surface area contributed by atoms with Crippen molar-refractivity contribution >= 4 is 35.5 Å². The zero-order valence-electron chi connectivity index (χ0n) is 14.7. The van der Waals surface area contributed by atoms with Crippen LogP contribution in [0.2, 0.25) is 0 Å². The first-order valence-corrected chi connectivity index (χ1v) is 7.92. The highest BCUT2D eigenvalue weighted by atomic mass is 16.5. The van der Waals surface area contributed by atoms with E-state index in [1.54, 1.807) is 0 Å². The molecule has 0 saturated carbocycles. The Labute approximate surface area is 154 Å². The number of carboxylic acids is 2. The molecule has 6 N–H and O–H groups in total. The van der Waals surface area contributed by atoms with E-state index in [-0.39, 0.29) is 25.7 Å². The smallest absolute Gasteiger partial charge is 0.322 e. The first kappa shape index (κ1) is 24.0. The predicted molar refractivity (Wildman–Crippen MR) is 88.3 cm³/mol. The second-order valence-corrected chi connectivity index (χ2v) is 5.55. The Morgan fingerprint density at radius 3 is 2.19 bits per heavy atom. The fourth-order valence-electron chi connectivity index (χ4n) is 1.86. The normalized spacial score (nSPS) is 12.4. The van der Waals surface area contributed by atoms with Crippen molar-refractivity contribution in [2.75, 3.05) is 13.7 Å². The van der Waals surface area contributed by atoms with Crippen molar-refractivity contribution in [3.63, 3.8) is 0 Å². The molecule has 0 aliphatic heterocycles. The van der Waals surface area contributed by atoms with E-state index < -0.39 is 60.6 Å². The molecule has 0 heterocycles. The van der Waals surface area contributed by atoms with Crippen LogP contribution in [0.15, 0.2) is 0 Å². The molecule has 2 atom stereocenters. The van der Waals surface area contributed by atoms with E-state index >= 15 is 0 Å². The Morgan fingerprint density at radius 1 is 1.04 bits per heavy atom. The summed E-state index contributed by atoms with van der Waals surface area (Å²) in [6.07, 6.45) is -1.38. The fourth-order valence-corrected chi connectivity index (χ4v) is 1.86. The molecule has 0 aromatic carbocycles. The van der Waals surface area contributed by atoms with Crippen molar-refractivity contribution in [1.82, 2.24) is 10.6 Å². The van der Waals surface area contributed by atoms with Gasteiger partial charge in [-0.25, -0.2) is 0 Å². The van der Waals surface area contributed by atoms with Crippen molar-refractivity contribution in [1.29, 1.82) is 0 Å². The molecule has 12 heteroatoms. The zero-order chi connectivity index (χ0) is 21.0. The number of Topliss-reactive ketones (excluding diaryl/α,β-unsaturated/α-hetero) is 1. The van der Waals surface area contributed by atoms with E-state index in [2.05, 4.69) is 15.4 Å². The molecule has 152 valence electrons. The molecule has 0 fully saturated rings. The van der Waals surface area contributed by atoms with Crippen LogP contribution in [-0.4, -0.2) is 71.5 Å². The van der Waals surface area contributed by atoms with Gasteiger partial charge in [0.15, 0.2) is 0 Å². The molecule has 0 radical (unpaired) electrons. The van der Waals surface area contributed by atoms with Gasteiger partial charge in [-0.1, -0.05) is 0 Å². The lowest BCUT2D eigenvalue weighted by molar-refractivity contribution is -0.144. The zero-order valence-corrected chi connectivity index (χ0v) is 14.7. The highest BCUT2D eigenvalue weighted by molar-refractivity contribution is 5.96. The number of amides is 2. The third kappa shape index (κ3) is 11.3. The first-order chi connectivity index (χ1) is 12.6. The third-order valence-corrected chi connectivity index (χ3v) is 3.35. The number of hydrogen-bond donors (Lipinski definition) is 5. The number of nitrogens with one attached hydrogen (secondary N) is 2. The summed E-state index contributed by atoms with van der Waals surface area (Å²) in [5.74, 6) is -5.39. The van der Waals surface area contributed by atoms with Crippen molar-refractivity contribution in [3.05, 3.63) is 0 Å². The molecule has 0 unspecified atom stereocenters. The highest BCUT2D eigenvalue weighted by Crippen LogP contribution is 2.04. The van der Waals surface area contributed by atoms with E-state index in [9.17, 15) is 28.8 Å². The van der Waals surface area contributed by atoms with E-state index in [1.807, 2.05) is 0 Å². The predicted octanol–water partition coefficient (Wildman–Crippen LogP) is -2.22. The Hall–Kier alpha value is -3.02. The number of hydrogen-bond acceptors (Lipinski definition) is 8. The molecule has 0 bridgehead atoms. The number of methoxy groups -OCH3 is 1. The van der Waals surface area contributed by atoms with Crippen LogP contribution in [0.25, 0.3) is 0 Å². The lowest BCUT2D eigenvalue weighted by atomic mass is 10.1. The third-order valence-electron chi connectivity index (χ3n) is 3.35. The molecule has 0 saturated heterocycles. The Balaban J connectivity index is 4.77. The summed E-state index contributed by atoms with van der Waals surface area (Å²) in [5, 5.41) is 21.6. The molecule has 0 spiro atoms. The number of rotatable bonds is 13. The molecule has 0 aromatic heterocycles. The maximum absolute atomic E-state index is 12.0. The van der Waals surface area contributed by atoms with Crippen LogP contribution in [-0.2, 0) is 33.5 Å². The quantitative estimate of drug-likeness (QED) is 0.169. The molecular formula is C15H23N3O9. The average molecular weight is 389 g/mol. The second kappa shape index (κ2) is 12.4. The van der Waals surface area contributed by atoms with Gasteiger partial charge >= 0.3 is 17.9 Å². The summed E-state index contributed by atoms with van der Waals surface area (Å²) in [6, 6.07) is -2.49. The van der Waals surface area contributed by atoms with E-state index in [1.165, 1.54) is 0 Å². The summed E-state index contributed by atoms with van der Waals surface area (Å²) in [5.41, 5.74) is 5.28. The van der Waals surface area contributed by atoms with Gasteiger partial charge in [-0.3, -0.25) is 28.8 Å². The van der Waals surface area contributed by atoms with E-state index in [4.69, 9.17) is 15.9 Å². The van der Waals surface area contributed by atoms with Gasteiger partial charge in [0.25, 0.3) is 0 Å². The molecular weight excluding hydrogens is 366 g/mol. The molecule has 12 nitrogen and oxygen atoms in total. The van der Waals surface area contributed by atoms with Crippen molar-refractivity contribution in [2.45, 2.75) is 44.2 Å². The van der Waals surface area contributed by atoms with Crippen LogP contribution in [0, 0.1) is 0 Å². The fraction of sp³-hybridized carbons (Fsp3) is 0.600. The Kier molecular flexibility index (Phi) is 11.0. The van der Waals surface area contributed by atoms with Crippen LogP contribution in [0.3, 0.4) is 0 Å². The van der Waals surface area contributed by atoms with Crippen LogP contribution < -0.4 is 16.4 Å². The molecule has 2 amide bonds. The summed E-state index contributed by atoms with van der Waals surface area (Å²) in [6.45, 7) is -0.689. The van der Waals surface area contributed by atoms with Crippen molar-refractivity contribution in [2.24, 2.45) is 5.73 Å². The highest BCUT2D eigenvalue weighted by Gasteiger charge is 2.23. The number of ketones is 1. The van der Waals surface area contributed by atoms with Crippen molar-refractivity contribution in [3.8, 4) is 0 Å². The number of carbonyl (C=O) groups excluding carboxylic acids is 4. The van der Waals surface area contributed by atoms with Gasteiger partial charge in [0, 0.05) is 12.8 Å². The topological polar surface area (TPSA) is 202 Å². The number of carboxylic acid groups (broad SMARTS) is 2. The second-order valence-electron chi connectivity index (χ2n) is 5.55. The minimum absolute atomic E-state index is 0.175. The molecule has 27 heavy (non-hydrogen) atoms. The number of ether oxygens (including phenoxy) is 1. The number of aliphatic carboxylic acids is 2. The van der Waals surface area contributed by atoms with E-state index in [0.29, 0.717) is 0 Å². The standard InChI is InChI=1S/C15H23N3O9/c1-27-13(23)6-8(19)2-4-10(14(24)17-7-12(21)22)18-11(20)5-3-9(16)15(25)26/h9-10H,2-7,16H2,1H3,(H,17,24)(H,18,20)(H,21,22)(H,25,26)/t9-,10-/m0/s1. The number of carbonyl (C=O) groups is 6. The van der Waals surface area contributed by atoms with E-state index in [0.717, 1.165) is 7.11 Å². The maximum atomic E-state index is 12.0. The monoisotopic (exact) mass is 389 g/mol. The average Bonchev–Trinajstić information content (AvgIpc) is 2.60. The minimum atomic E-state index is -1.30. The lowest BCUT2D eigenvalue weighted by Gasteiger charge is -2.18. The van der Waals surface area contributed by atoms with Gasteiger partial charge in [-0.2, -0.15) is 0 Å². The van der Waals surface area contributed by atoms with Gasteiger partial charge < -0.3 is 31.3 Å². The van der Waals surface area contributed by atoms with Gasteiger partial charge in [-0.15, -0.1) is 0 Å². The molecule has 0 aliphatic carbocycles. The molecule has 0 aromatic rings. The summed E-state index contributed by atoms with van der Waals surface area (Å²) in [4.78, 5) is 67.8. The van der Waals surface area contributed by atoms with Crippen LogP contribution >= 0.6 is 0 Å². The number of esters is 1. The molecule has 0 rings (SSSR count). The van der Waals surface area contributed by atoms with Crippen molar-refractivity contribution < 1.29 is 43.7 Å². The van der Waals surface area contributed by atoms with Crippen LogP contribution in [0.5, 0.6) is 0 Å². The number of nitrogens with two attached hydrogens (primary N) is 1. The maximum Gasteiger partial charge on any atom is 0.322 e.